The third-order valence-corrected chi connectivity index (χ3v) is 2.82. The van der Waals surface area contributed by atoms with E-state index in [-0.39, 0.29) is 18.8 Å². The number of hydrogen-bond acceptors (Lipinski definition) is 3. The highest BCUT2D eigenvalue weighted by atomic mass is 19.1. The van der Waals surface area contributed by atoms with Gasteiger partial charge in [-0.25, -0.2) is 8.78 Å². The van der Waals surface area contributed by atoms with E-state index in [0.29, 0.717) is 12.5 Å². The molecule has 1 aromatic rings. The summed E-state index contributed by atoms with van der Waals surface area (Å²) in [5.41, 5.74) is 0.0521. The molecular weight excluding hydrogens is 240 g/mol. The van der Waals surface area contributed by atoms with Gasteiger partial charge in [0.2, 0.25) is 0 Å². The monoisotopic (exact) mass is 257 g/mol. The van der Waals surface area contributed by atoms with E-state index in [4.69, 9.17) is 4.74 Å². The largest absolute Gasteiger partial charge is 0.389 e. The van der Waals surface area contributed by atoms with E-state index in [1.165, 1.54) is 12.8 Å². The molecule has 1 saturated carbocycles. The average Bonchev–Trinajstić information content (AvgIpc) is 3.14. The number of aliphatic hydroxyl groups is 1. The second-order valence-electron chi connectivity index (χ2n) is 4.64. The van der Waals surface area contributed by atoms with Gasteiger partial charge in [-0.2, -0.15) is 0 Å². The van der Waals surface area contributed by atoms with Crippen molar-refractivity contribution in [1.29, 1.82) is 0 Å². The van der Waals surface area contributed by atoms with Gasteiger partial charge in [-0.3, -0.25) is 0 Å². The van der Waals surface area contributed by atoms with Crippen LogP contribution in [0.15, 0.2) is 18.2 Å². The summed E-state index contributed by atoms with van der Waals surface area (Å²) < 4.78 is 31.4. The lowest BCUT2D eigenvalue weighted by Gasteiger charge is -2.13. The van der Waals surface area contributed by atoms with Crippen molar-refractivity contribution in [2.45, 2.75) is 18.9 Å². The van der Waals surface area contributed by atoms with E-state index < -0.39 is 17.7 Å². The second kappa shape index (κ2) is 6.11. The van der Waals surface area contributed by atoms with Crippen LogP contribution in [0.1, 0.15) is 12.8 Å². The van der Waals surface area contributed by atoms with E-state index >= 15 is 0 Å². The Morgan fingerprint density at radius 3 is 2.89 bits per heavy atom. The third-order valence-electron chi connectivity index (χ3n) is 2.82. The zero-order chi connectivity index (χ0) is 13.0. The summed E-state index contributed by atoms with van der Waals surface area (Å²) in [5.74, 6) is -0.410. The van der Waals surface area contributed by atoms with Gasteiger partial charge in [0.1, 0.15) is 11.6 Å². The molecule has 0 amide bonds. The number of rotatable bonds is 7. The maximum Gasteiger partial charge on any atom is 0.146 e. The summed E-state index contributed by atoms with van der Waals surface area (Å²) >= 11 is 0. The first-order chi connectivity index (χ1) is 8.65. The predicted octanol–water partition coefficient (Wildman–Crippen LogP) is 2.16. The average molecular weight is 257 g/mol. The summed E-state index contributed by atoms with van der Waals surface area (Å²) in [7, 11) is 0. The van der Waals surface area contributed by atoms with Crippen LogP contribution in [0.25, 0.3) is 0 Å². The fraction of sp³-hybridized carbons (Fsp3) is 0.538. The number of benzene rings is 1. The van der Waals surface area contributed by atoms with Gasteiger partial charge < -0.3 is 15.2 Å². The van der Waals surface area contributed by atoms with Gasteiger partial charge in [0, 0.05) is 13.2 Å². The van der Waals surface area contributed by atoms with Crippen molar-refractivity contribution < 1.29 is 18.6 Å². The second-order valence-corrected chi connectivity index (χ2v) is 4.64. The molecule has 5 heteroatoms. The van der Waals surface area contributed by atoms with Crippen LogP contribution < -0.4 is 5.32 Å². The maximum absolute atomic E-state index is 13.2. The maximum atomic E-state index is 13.2. The number of hydrogen-bond donors (Lipinski definition) is 2. The molecule has 1 aliphatic rings. The molecular formula is C13H17F2NO2. The Balaban J connectivity index is 1.70. The molecule has 100 valence electrons. The lowest BCUT2D eigenvalue weighted by molar-refractivity contribution is 0.0386. The summed E-state index contributed by atoms with van der Waals surface area (Å²) in [6.45, 7) is 1.01. The molecule has 1 aliphatic carbocycles. The minimum atomic E-state index is -0.730. The molecule has 0 bridgehead atoms. The Labute approximate surface area is 105 Å². The standard InChI is InChI=1S/C13H17F2NO2/c14-10-3-4-12(15)13(5-10)16-6-11(17)8-18-7-9-1-2-9/h3-5,9,11,16-17H,1-2,6-8H2. The highest BCUT2D eigenvalue weighted by Crippen LogP contribution is 2.28. The van der Waals surface area contributed by atoms with Crippen molar-refractivity contribution >= 4 is 5.69 Å². The summed E-state index contributed by atoms with van der Waals surface area (Å²) in [5, 5.41) is 12.3. The van der Waals surface area contributed by atoms with Crippen molar-refractivity contribution in [3.05, 3.63) is 29.8 Å². The molecule has 0 spiro atoms. The molecule has 18 heavy (non-hydrogen) atoms. The Hall–Kier alpha value is -1.20. The SMILES string of the molecule is OC(CNc1cc(F)ccc1F)COCC1CC1. The minimum absolute atomic E-state index is 0.0521. The molecule has 0 aliphatic heterocycles. The molecule has 0 radical (unpaired) electrons. The lowest BCUT2D eigenvalue weighted by atomic mass is 10.2. The zero-order valence-corrected chi connectivity index (χ0v) is 10.0. The number of aliphatic hydroxyl groups excluding tert-OH is 1. The Kier molecular flexibility index (Phi) is 4.49. The van der Waals surface area contributed by atoms with Gasteiger partial charge in [-0.15, -0.1) is 0 Å². The first-order valence-electron chi connectivity index (χ1n) is 6.10. The lowest BCUT2D eigenvalue weighted by Crippen LogP contribution is -2.25. The first-order valence-corrected chi connectivity index (χ1v) is 6.10. The summed E-state index contributed by atoms with van der Waals surface area (Å²) in [4.78, 5) is 0. The van der Waals surface area contributed by atoms with Crippen LogP contribution in [0.3, 0.4) is 0 Å². The fourth-order valence-corrected chi connectivity index (χ4v) is 1.57. The van der Waals surface area contributed by atoms with Crippen LogP contribution >= 0.6 is 0 Å². The van der Waals surface area contributed by atoms with Gasteiger partial charge in [-0.05, 0) is 37.0 Å². The van der Waals surface area contributed by atoms with Crippen molar-refractivity contribution in [2.24, 2.45) is 5.92 Å². The number of nitrogens with one attached hydrogen (secondary N) is 1. The van der Waals surface area contributed by atoms with E-state index in [9.17, 15) is 13.9 Å². The number of anilines is 1. The molecule has 1 aromatic carbocycles. The number of ether oxygens (including phenoxy) is 1. The molecule has 1 atom stereocenters. The van der Waals surface area contributed by atoms with E-state index in [1.54, 1.807) is 0 Å². The quantitative estimate of drug-likeness (QED) is 0.786. The molecule has 3 nitrogen and oxygen atoms in total. The smallest absolute Gasteiger partial charge is 0.146 e. The summed E-state index contributed by atoms with van der Waals surface area (Å²) in [6.07, 6.45) is 1.66. The van der Waals surface area contributed by atoms with Crippen LogP contribution in [-0.4, -0.2) is 31.0 Å². The first kappa shape index (κ1) is 13.2. The van der Waals surface area contributed by atoms with Gasteiger partial charge in [0.25, 0.3) is 0 Å². The predicted molar refractivity (Wildman–Crippen MR) is 64.4 cm³/mol. The van der Waals surface area contributed by atoms with E-state index in [2.05, 4.69) is 5.32 Å². The van der Waals surface area contributed by atoms with E-state index in [1.807, 2.05) is 0 Å². The van der Waals surface area contributed by atoms with Crippen molar-refractivity contribution in [3.63, 3.8) is 0 Å². The van der Waals surface area contributed by atoms with E-state index in [0.717, 1.165) is 18.2 Å². The van der Waals surface area contributed by atoms with Gasteiger partial charge in [-0.1, -0.05) is 0 Å². The molecule has 1 unspecified atom stereocenters. The normalized spacial score (nSPS) is 16.6. The molecule has 1 fully saturated rings. The summed E-state index contributed by atoms with van der Waals surface area (Å²) in [6, 6.07) is 3.16. The van der Waals surface area contributed by atoms with Crippen molar-refractivity contribution in [3.8, 4) is 0 Å². The van der Waals surface area contributed by atoms with Crippen LogP contribution in [0.4, 0.5) is 14.5 Å². The van der Waals surface area contributed by atoms with Gasteiger partial charge >= 0.3 is 0 Å². The Morgan fingerprint density at radius 1 is 1.39 bits per heavy atom. The van der Waals surface area contributed by atoms with Gasteiger partial charge in [0.05, 0.1) is 18.4 Å². The molecule has 0 heterocycles. The third kappa shape index (κ3) is 4.23. The highest BCUT2D eigenvalue weighted by Gasteiger charge is 2.21. The fourth-order valence-electron chi connectivity index (χ4n) is 1.57. The number of halogens is 2. The Morgan fingerprint density at radius 2 is 2.17 bits per heavy atom. The van der Waals surface area contributed by atoms with Gasteiger partial charge in [0.15, 0.2) is 0 Å². The van der Waals surface area contributed by atoms with Crippen LogP contribution in [0, 0.1) is 17.6 Å². The van der Waals surface area contributed by atoms with Crippen LogP contribution in [-0.2, 0) is 4.74 Å². The molecule has 0 saturated heterocycles. The highest BCUT2D eigenvalue weighted by molar-refractivity contribution is 5.44. The zero-order valence-electron chi connectivity index (χ0n) is 10.0. The minimum Gasteiger partial charge on any atom is -0.389 e. The molecule has 2 N–H and O–H groups in total. The van der Waals surface area contributed by atoms with Crippen LogP contribution in [0.2, 0.25) is 0 Å². The van der Waals surface area contributed by atoms with Crippen molar-refractivity contribution in [1.82, 2.24) is 0 Å². The molecule has 2 rings (SSSR count). The Bertz CT molecular complexity index is 397. The molecule has 0 aromatic heterocycles. The van der Waals surface area contributed by atoms with Crippen molar-refractivity contribution in [2.75, 3.05) is 25.1 Å². The van der Waals surface area contributed by atoms with Crippen LogP contribution in [0.5, 0.6) is 0 Å². The topological polar surface area (TPSA) is 41.5 Å².